The maximum absolute atomic E-state index is 14.0. The predicted molar refractivity (Wildman–Crippen MR) is 151 cm³/mol. The van der Waals surface area contributed by atoms with Gasteiger partial charge in [0.2, 0.25) is 0 Å². The number of benzene rings is 2. The van der Waals surface area contributed by atoms with Gasteiger partial charge in [-0.25, -0.2) is 14.2 Å². The van der Waals surface area contributed by atoms with Gasteiger partial charge in [0.15, 0.2) is 0 Å². The summed E-state index contributed by atoms with van der Waals surface area (Å²) in [5.41, 5.74) is 11.9. The molecule has 0 spiro atoms. The summed E-state index contributed by atoms with van der Waals surface area (Å²) in [6.45, 7) is 0.345. The van der Waals surface area contributed by atoms with Crippen molar-refractivity contribution in [2.75, 3.05) is 23.5 Å². The van der Waals surface area contributed by atoms with Crippen LogP contribution < -0.4 is 16.1 Å². The van der Waals surface area contributed by atoms with Crippen molar-refractivity contribution in [3.63, 3.8) is 0 Å². The number of fused-ring (bicyclic) bond motifs is 1. The fraction of sp³-hybridized carbons (Fsp3) is 0.115. The van der Waals surface area contributed by atoms with E-state index in [1.54, 1.807) is 41.3 Å². The molecule has 0 saturated heterocycles. The third kappa shape index (κ3) is 5.65. The first-order valence-corrected chi connectivity index (χ1v) is 14.5. The van der Waals surface area contributed by atoms with Crippen LogP contribution in [0.2, 0.25) is 0 Å². The van der Waals surface area contributed by atoms with Crippen LogP contribution in [0, 0.1) is 5.82 Å². The zero-order valence-corrected chi connectivity index (χ0v) is 22.6. The van der Waals surface area contributed by atoms with Crippen molar-refractivity contribution in [1.29, 1.82) is 0 Å². The summed E-state index contributed by atoms with van der Waals surface area (Å²) in [5, 5.41) is 16.2. The molecule has 0 fully saturated rings. The Bertz CT molecular complexity index is 1800. The van der Waals surface area contributed by atoms with Gasteiger partial charge in [-0.2, -0.15) is 19.0 Å². The Kier molecular flexibility index (Phi) is 7.49. The summed E-state index contributed by atoms with van der Waals surface area (Å²) in [6, 6.07) is 11.1. The highest BCUT2D eigenvalue weighted by molar-refractivity contribution is 7.85. The van der Waals surface area contributed by atoms with Crippen LogP contribution in [0.1, 0.15) is 0 Å². The van der Waals surface area contributed by atoms with E-state index in [-0.39, 0.29) is 12.3 Å². The standard InChI is InChI=1S/C26H23FN6O5S2/c1-40(36,37)38-31-26(35)33(20-4-2-3-18(27)11-20)19-7-5-16(6-8-19)22-15-39-24-21(13-29-25(28)23(22)24)17-12-30-32(14-17)9-10-34/h2-8,11-15,34H,9-10H2,1H3,(H2,28,29)(H,31,35). The van der Waals surface area contributed by atoms with Crippen LogP contribution in [0.3, 0.4) is 0 Å². The molecule has 0 aliphatic rings. The third-order valence-corrected chi connectivity index (χ3v) is 7.28. The van der Waals surface area contributed by atoms with Gasteiger partial charge in [-0.3, -0.25) is 9.58 Å². The Morgan fingerprint density at radius 1 is 1.15 bits per heavy atom. The predicted octanol–water partition coefficient (Wildman–Crippen LogP) is 4.28. The molecule has 4 N–H and O–H groups in total. The number of carbonyl (C=O) groups excluding carboxylic acids is 1. The van der Waals surface area contributed by atoms with E-state index in [1.165, 1.54) is 29.5 Å². The molecule has 2 amide bonds. The SMILES string of the molecule is CS(=O)(=O)ONC(=O)N(c1ccc(-c2csc3c(-c4cnn(CCO)c4)cnc(N)c23)cc1)c1cccc(F)c1. The van der Waals surface area contributed by atoms with Gasteiger partial charge in [0.05, 0.1) is 37.0 Å². The first kappa shape index (κ1) is 27.2. The molecule has 0 radical (unpaired) electrons. The van der Waals surface area contributed by atoms with Gasteiger partial charge in [-0.1, -0.05) is 18.2 Å². The van der Waals surface area contributed by atoms with E-state index in [0.29, 0.717) is 18.1 Å². The molecule has 3 heterocycles. The van der Waals surface area contributed by atoms with E-state index in [9.17, 15) is 22.7 Å². The molecule has 0 bridgehead atoms. The maximum Gasteiger partial charge on any atom is 0.351 e. The normalized spacial score (nSPS) is 11.6. The topological polar surface area (TPSA) is 153 Å². The van der Waals surface area contributed by atoms with Crippen LogP contribution in [-0.4, -0.2) is 47.2 Å². The second-order valence-corrected chi connectivity index (χ2v) is 11.1. The van der Waals surface area contributed by atoms with Gasteiger partial charge in [0, 0.05) is 39.2 Å². The number of carbonyl (C=O) groups is 1. The number of hydrogen-bond acceptors (Lipinski definition) is 9. The van der Waals surface area contributed by atoms with Crippen LogP contribution >= 0.6 is 11.3 Å². The smallest absolute Gasteiger partial charge is 0.351 e. The van der Waals surface area contributed by atoms with Gasteiger partial charge >= 0.3 is 6.03 Å². The minimum Gasteiger partial charge on any atom is -0.394 e. The molecule has 11 nitrogen and oxygen atoms in total. The van der Waals surface area contributed by atoms with Crippen molar-refractivity contribution in [3.05, 3.63) is 78.3 Å². The molecule has 5 rings (SSSR count). The number of nitrogens with one attached hydrogen (secondary N) is 1. The number of thiophene rings is 1. The van der Waals surface area contributed by atoms with Gasteiger partial charge in [0.25, 0.3) is 10.1 Å². The summed E-state index contributed by atoms with van der Waals surface area (Å²) in [5.74, 6) is -0.234. The van der Waals surface area contributed by atoms with Crippen molar-refractivity contribution in [2.24, 2.45) is 0 Å². The molecule has 206 valence electrons. The lowest BCUT2D eigenvalue weighted by Crippen LogP contribution is -2.38. The molecule has 0 unspecified atom stereocenters. The molecule has 0 aliphatic carbocycles. The Labute approximate surface area is 232 Å². The first-order chi connectivity index (χ1) is 19.1. The first-order valence-electron chi connectivity index (χ1n) is 11.8. The number of rotatable bonds is 8. The minimum absolute atomic E-state index is 0.0291. The van der Waals surface area contributed by atoms with Crippen LogP contribution in [0.15, 0.2) is 72.5 Å². The zero-order valence-electron chi connectivity index (χ0n) is 21.0. The lowest BCUT2D eigenvalue weighted by atomic mass is 10.0. The molecule has 5 aromatic rings. The Balaban J connectivity index is 1.52. The van der Waals surface area contributed by atoms with Crippen molar-refractivity contribution in [3.8, 4) is 22.3 Å². The van der Waals surface area contributed by atoms with Crippen molar-refractivity contribution < 1.29 is 27.0 Å². The number of aliphatic hydroxyl groups excluding tert-OH is 1. The van der Waals surface area contributed by atoms with Gasteiger partial charge in [0.1, 0.15) is 11.6 Å². The fourth-order valence-electron chi connectivity index (χ4n) is 4.16. The summed E-state index contributed by atoms with van der Waals surface area (Å²) < 4.78 is 43.8. The summed E-state index contributed by atoms with van der Waals surface area (Å²) in [6.07, 6.45) is 6.01. The molecule has 0 aliphatic heterocycles. The van der Waals surface area contributed by atoms with Crippen LogP contribution in [-0.2, 0) is 20.9 Å². The number of hydrogen-bond donors (Lipinski definition) is 3. The third-order valence-electron chi connectivity index (χ3n) is 5.88. The van der Waals surface area contributed by atoms with Crippen molar-refractivity contribution in [2.45, 2.75) is 6.54 Å². The lowest BCUT2D eigenvalue weighted by Gasteiger charge is -2.23. The van der Waals surface area contributed by atoms with Crippen LogP contribution in [0.4, 0.5) is 26.4 Å². The lowest BCUT2D eigenvalue weighted by molar-refractivity contribution is 0.190. The summed E-state index contributed by atoms with van der Waals surface area (Å²) >= 11 is 1.49. The van der Waals surface area contributed by atoms with E-state index >= 15 is 0 Å². The number of amides is 2. The van der Waals surface area contributed by atoms with Gasteiger partial charge in [-0.05, 0) is 41.3 Å². The molecule has 40 heavy (non-hydrogen) atoms. The maximum atomic E-state index is 14.0. The highest BCUT2D eigenvalue weighted by Crippen LogP contribution is 2.42. The number of anilines is 3. The number of nitrogen functional groups attached to an aromatic ring is 1. The highest BCUT2D eigenvalue weighted by atomic mass is 32.2. The average Bonchev–Trinajstić information content (AvgIpc) is 3.57. The minimum atomic E-state index is -3.98. The zero-order chi connectivity index (χ0) is 28.4. The summed E-state index contributed by atoms with van der Waals surface area (Å²) in [7, 11) is -3.98. The van der Waals surface area contributed by atoms with Crippen molar-refractivity contribution >= 4 is 54.8 Å². The second-order valence-electron chi connectivity index (χ2n) is 8.68. The number of aromatic nitrogens is 3. The van der Waals surface area contributed by atoms with E-state index in [4.69, 9.17) is 5.73 Å². The average molecular weight is 583 g/mol. The molecular weight excluding hydrogens is 559 g/mol. The molecule has 3 aromatic heterocycles. The van der Waals surface area contributed by atoms with Crippen LogP contribution in [0.25, 0.3) is 32.3 Å². The number of hydroxylamine groups is 1. The van der Waals surface area contributed by atoms with E-state index in [2.05, 4.69) is 14.4 Å². The highest BCUT2D eigenvalue weighted by Gasteiger charge is 2.22. The van der Waals surface area contributed by atoms with E-state index in [1.807, 2.05) is 17.1 Å². The van der Waals surface area contributed by atoms with E-state index in [0.717, 1.165) is 49.6 Å². The monoisotopic (exact) mass is 582 g/mol. The Morgan fingerprint density at radius 2 is 1.93 bits per heavy atom. The molecule has 0 saturated carbocycles. The number of nitrogens with zero attached hydrogens (tertiary/aromatic N) is 4. The van der Waals surface area contributed by atoms with E-state index < -0.39 is 22.0 Å². The number of halogens is 1. The fourth-order valence-corrected chi connectivity index (χ4v) is 5.50. The second kappa shape index (κ2) is 11.0. The van der Waals surface area contributed by atoms with Crippen molar-refractivity contribution in [1.82, 2.24) is 20.2 Å². The van der Waals surface area contributed by atoms with Gasteiger partial charge < -0.3 is 10.8 Å². The molecule has 2 aromatic carbocycles. The van der Waals surface area contributed by atoms with Crippen LogP contribution in [0.5, 0.6) is 0 Å². The van der Waals surface area contributed by atoms with Gasteiger partial charge in [-0.15, -0.1) is 15.6 Å². The molecule has 0 atom stereocenters. The number of nitrogens with two attached hydrogens (primary N) is 1. The Hall–Kier alpha value is -4.37. The molecular formula is C26H23FN6O5S2. The number of urea groups is 1. The Morgan fingerprint density at radius 3 is 2.62 bits per heavy atom. The quantitative estimate of drug-likeness (QED) is 0.229. The number of pyridine rings is 1. The number of aliphatic hydroxyl groups is 1. The molecule has 14 heteroatoms. The summed E-state index contributed by atoms with van der Waals surface area (Å²) in [4.78, 5) is 18.4. The largest absolute Gasteiger partial charge is 0.394 e.